The van der Waals surface area contributed by atoms with Crippen LogP contribution in [0.1, 0.15) is 20.7 Å². The first kappa shape index (κ1) is 13.5. The van der Waals surface area contributed by atoms with Gasteiger partial charge in [-0.1, -0.05) is 0 Å². The summed E-state index contributed by atoms with van der Waals surface area (Å²) in [5.74, 6) is -5.47. The molecule has 1 rings (SSSR count). The minimum atomic E-state index is -1.90. The molecule has 0 heterocycles. The van der Waals surface area contributed by atoms with Crippen LogP contribution in [0.15, 0.2) is 12.1 Å². The summed E-state index contributed by atoms with van der Waals surface area (Å²) in [6.45, 7) is 0. The summed E-state index contributed by atoms with van der Waals surface area (Å²) in [5.41, 5.74) is -1.75. The van der Waals surface area contributed by atoms with E-state index in [1.165, 1.54) is 0 Å². The van der Waals surface area contributed by atoms with Crippen LogP contribution >= 0.6 is 0 Å². The molecule has 7 heteroatoms. The molecule has 2 N–H and O–H groups in total. The number of aromatic carboxylic acids is 2. The van der Waals surface area contributed by atoms with Crippen molar-refractivity contribution in [3.05, 3.63) is 23.3 Å². The Morgan fingerprint density at radius 2 is 1.60 bits per heavy atom. The topological polar surface area (TPSA) is 121 Å². The maximum Gasteiger partial charge on any atom is 2.00 e. The van der Waals surface area contributed by atoms with Crippen molar-refractivity contribution in [3.63, 3.8) is 0 Å². The summed E-state index contributed by atoms with van der Waals surface area (Å²) < 4.78 is 0. The van der Waals surface area contributed by atoms with E-state index in [1.807, 2.05) is 0 Å². The Hall–Kier alpha value is -1.47. The van der Waals surface area contributed by atoms with Gasteiger partial charge in [0.05, 0.1) is 17.5 Å². The van der Waals surface area contributed by atoms with Gasteiger partial charge < -0.3 is 30.0 Å². The molecule has 15 heavy (non-hydrogen) atoms. The Labute approximate surface area is 99.9 Å². The van der Waals surface area contributed by atoms with Crippen LogP contribution in [0.4, 0.5) is 0 Å². The molecule has 0 aliphatic carbocycles. The molecule has 0 bridgehead atoms. The number of benzene rings is 1. The van der Waals surface area contributed by atoms with Crippen molar-refractivity contribution in [1.82, 2.24) is 0 Å². The summed E-state index contributed by atoms with van der Waals surface area (Å²) >= 11 is 0. The first-order valence-electron chi connectivity index (χ1n) is 3.42. The van der Waals surface area contributed by atoms with Gasteiger partial charge in [-0.3, -0.25) is 0 Å². The molecule has 0 amide bonds. The number of hydrogen-bond donors (Lipinski definition) is 2. The van der Waals surface area contributed by atoms with Crippen molar-refractivity contribution < 1.29 is 30.0 Å². The van der Waals surface area contributed by atoms with Crippen molar-refractivity contribution in [2.75, 3.05) is 0 Å². The SMILES string of the molecule is O=C([O-])c1ccc(O)c(O)c1C(=O)[O-].[Mg+2]. The number of rotatable bonds is 2. The van der Waals surface area contributed by atoms with E-state index in [-0.39, 0.29) is 23.1 Å². The number of aromatic hydroxyl groups is 2. The molecular weight excluding hydrogens is 216 g/mol. The molecule has 1 aromatic carbocycles. The zero-order valence-corrected chi connectivity index (χ0v) is 8.80. The van der Waals surface area contributed by atoms with Gasteiger partial charge in [0.1, 0.15) is 0 Å². The fourth-order valence-corrected chi connectivity index (χ4v) is 0.957. The van der Waals surface area contributed by atoms with Gasteiger partial charge in [0.2, 0.25) is 0 Å². The second kappa shape index (κ2) is 4.85. The Balaban J connectivity index is 0.00000196. The van der Waals surface area contributed by atoms with Crippen LogP contribution in [0.5, 0.6) is 11.5 Å². The number of carboxylic acids is 2. The molecule has 0 atom stereocenters. The molecule has 0 aliphatic heterocycles. The van der Waals surface area contributed by atoms with Crippen molar-refractivity contribution in [1.29, 1.82) is 0 Å². The van der Waals surface area contributed by atoms with E-state index >= 15 is 0 Å². The van der Waals surface area contributed by atoms with Crippen LogP contribution < -0.4 is 10.2 Å². The molecule has 0 aromatic heterocycles. The van der Waals surface area contributed by atoms with E-state index in [1.54, 1.807) is 0 Å². The molecule has 1 aromatic rings. The van der Waals surface area contributed by atoms with Crippen molar-refractivity contribution in [2.45, 2.75) is 0 Å². The minimum Gasteiger partial charge on any atom is -0.545 e. The first-order valence-corrected chi connectivity index (χ1v) is 3.42. The van der Waals surface area contributed by atoms with Crippen LogP contribution in [0.25, 0.3) is 0 Å². The number of phenolic OH excluding ortho intramolecular Hbond substituents is 1. The Bertz CT molecular complexity index is 414. The average Bonchev–Trinajstić information content (AvgIpc) is 2.08. The maximum atomic E-state index is 10.4. The van der Waals surface area contributed by atoms with Crippen molar-refractivity contribution in [3.8, 4) is 11.5 Å². The molecule has 0 saturated carbocycles. The largest absolute Gasteiger partial charge is 2.00 e. The summed E-state index contributed by atoms with van der Waals surface area (Å²) in [4.78, 5) is 20.8. The van der Waals surface area contributed by atoms with Gasteiger partial charge in [-0.05, 0) is 12.1 Å². The van der Waals surface area contributed by atoms with E-state index in [2.05, 4.69) is 0 Å². The normalized spacial score (nSPS) is 9.07. The monoisotopic (exact) mass is 220 g/mol. The molecule has 0 radical (unpaired) electrons. The summed E-state index contributed by atoms with van der Waals surface area (Å²) in [7, 11) is 0. The molecule has 6 nitrogen and oxygen atoms in total. The van der Waals surface area contributed by atoms with Gasteiger partial charge in [0, 0.05) is 5.56 Å². The Morgan fingerprint density at radius 1 is 1.07 bits per heavy atom. The average molecular weight is 220 g/mol. The van der Waals surface area contributed by atoms with Gasteiger partial charge in [-0.15, -0.1) is 0 Å². The second-order valence-electron chi connectivity index (χ2n) is 2.43. The smallest absolute Gasteiger partial charge is 0.545 e. The van der Waals surface area contributed by atoms with E-state index in [4.69, 9.17) is 10.2 Å². The number of phenols is 2. The van der Waals surface area contributed by atoms with Crippen LogP contribution in [0.3, 0.4) is 0 Å². The number of carbonyl (C=O) groups is 2. The van der Waals surface area contributed by atoms with E-state index in [0.717, 1.165) is 12.1 Å². The molecule has 74 valence electrons. The Kier molecular flexibility index (Phi) is 4.37. The quantitative estimate of drug-likeness (QED) is 0.418. The third-order valence-electron chi connectivity index (χ3n) is 1.58. The predicted molar refractivity (Wildman–Crippen MR) is 44.2 cm³/mol. The summed E-state index contributed by atoms with van der Waals surface area (Å²) in [6.07, 6.45) is 0. The van der Waals surface area contributed by atoms with Crippen molar-refractivity contribution >= 4 is 35.0 Å². The van der Waals surface area contributed by atoms with Gasteiger partial charge in [0.15, 0.2) is 11.5 Å². The summed E-state index contributed by atoms with van der Waals surface area (Å²) in [6, 6.07) is 1.64. The molecule has 0 saturated heterocycles. The van der Waals surface area contributed by atoms with E-state index in [0.29, 0.717) is 0 Å². The fraction of sp³-hybridized carbons (Fsp3) is 0. The molecule has 0 unspecified atom stereocenters. The fourth-order valence-electron chi connectivity index (χ4n) is 0.957. The van der Waals surface area contributed by atoms with Crippen LogP contribution in [0, 0.1) is 0 Å². The third kappa shape index (κ3) is 2.51. The standard InChI is InChI=1S/C8H6O6.Mg/c9-4-2-1-3(7(11)12)5(6(4)10)8(13)14;/h1-2,9-10H,(H,11,12)(H,13,14);/q;+2/p-2. The summed E-state index contributed by atoms with van der Waals surface area (Å²) in [5, 5.41) is 38.8. The zero-order chi connectivity index (χ0) is 10.9. The first-order chi connectivity index (χ1) is 6.45. The molecule has 0 fully saturated rings. The van der Waals surface area contributed by atoms with Crippen LogP contribution in [-0.2, 0) is 0 Å². The van der Waals surface area contributed by atoms with Gasteiger partial charge in [0.25, 0.3) is 0 Å². The van der Waals surface area contributed by atoms with E-state index in [9.17, 15) is 19.8 Å². The molecule has 0 aliphatic rings. The van der Waals surface area contributed by atoms with Crippen LogP contribution in [-0.4, -0.2) is 45.2 Å². The number of carboxylic acid groups (broad SMARTS) is 2. The molecule has 0 spiro atoms. The maximum absolute atomic E-state index is 10.4. The third-order valence-corrected chi connectivity index (χ3v) is 1.58. The number of hydrogen-bond acceptors (Lipinski definition) is 6. The number of carbonyl (C=O) groups excluding carboxylic acids is 2. The predicted octanol–water partition coefficient (Wildman–Crippen LogP) is -2.56. The van der Waals surface area contributed by atoms with Crippen LogP contribution in [0.2, 0.25) is 0 Å². The molecular formula is C8H4MgO6. The van der Waals surface area contributed by atoms with Crippen molar-refractivity contribution in [2.24, 2.45) is 0 Å². The van der Waals surface area contributed by atoms with E-state index < -0.39 is 34.6 Å². The Morgan fingerprint density at radius 3 is 2.00 bits per heavy atom. The van der Waals surface area contributed by atoms with Gasteiger partial charge >= 0.3 is 23.1 Å². The zero-order valence-electron chi connectivity index (χ0n) is 7.39. The second-order valence-corrected chi connectivity index (χ2v) is 2.43. The minimum absolute atomic E-state index is 0. The van der Waals surface area contributed by atoms with Gasteiger partial charge in [-0.25, -0.2) is 0 Å². The van der Waals surface area contributed by atoms with Gasteiger partial charge in [-0.2, -0.15) is 0 Å².